The van der Waals surface area contributed by atoms with Gasteiger partial charge in [-0.2, -0.15) is 11.8 Å². The number of hydroxylamine groups is 1. The van der Waals surface area contributed by atoms with Gasteiger partial charge in [-0.3, -0.25) is 19.6 Å². The number of amides is 3. The Morgan fingerprint density at radius 2 is 1.92 bits per heavy atom. The summed E-state index contributed by atoms with van der Waals surface area (Å²) >= 11 is 1.50. The third-order valence-corrected chi connectivity index (χ3v) is 5.14. The highest BCUT2D eigenvalue weighted by atomic mass is 32.2. The van der Waals surface area contributed by atoms with Gasteiger partial charge in [0.05, 0.1) is 0 Å². The summed E-state index contributed by atoms with van der Waals surface area (Å²) in [5.74, 6) is 0.450. The summed E-state index contributed by atoms with van der Waals surface area (Å²) in [4.78, 5) is 35.5. The monoisotopic (exact) mass is 379 g/mol. The molecular weight excluding hydrogens is 354 g/mol. The zero-order valence-corrected chi connectivity index (χ0v) is 15.4. The molecule has 1 fully saturated rings. The van der Waals surface area contributed by atoms with Crippen LogP contribution in [0.1, 0.15) is 31.2 Å². The highest BCUT2D eigenvalue weighted by Crippen LogP contribution is 2.29. The van der Waals surface area contributed by atoms with Crippen molar-refractivity contribution in [1.29, 1.82) is 0 Å². The molecule has 0 bridgehead atoms. The average Bonchev–Trinajstić information content (AvgIpc) is 3.50. The van der Waals surface area contributed by atoms with Crippen molar-refractivity contribution in [2.75, 3.05) is 11.5 Å². The second-order valence-corrected chi connectivity index (χ2v) is 7.40. The molecular formula is C18H25N3O4S. The normalized spacial score (nSPS) is 14.3. The van der Waals surface area contributed by atoms with Gasteiger partial charge >= 0.3 is 0 Å². The van der Waals surface area contributed by atoms with Gasteiger partial charge < -0.3 is 10.6 Å². The van der Waals surface area contributed by atoms with Gasteiger partial charge in [0.25, 0.3) is 0 Å². The highest BCUT2D eigenvalue weighted by Gasteiger charge is 2.32. The SMILES string of the molecule is O=C(CCCSC[C@H](NC(=O)C1CC1)C(=O)NCc1ccccc1)NO. The number of nitrogens with one attached hydrogen (secondary N) is 3. The van der Waals surface area contributed by atoms with E-state index >= 15 is 0 Å². The Kier molecular flexibility index (Phi) is 8.43. The van der Waals surface area contributed by atoms with E-state index in [2.05, 4.69) is 10.6 Å². The predicted molar refractivity (Wildman–Crippen MR) is 99.4 cm³/mol. The fourth-order valence-electron chi connectivity index (χ4n) is 2.32. The summed E-state index contributed by atoms with van der Waals surface area (Å²) in [5.41, 5.74) is 2.59. The fraction of sp³-hybridized carbons (Fsp3) is 0.500. The lowest BCUT2D eigenvalue weighted by molar-refractivity contribution is -0.129. The first kappa shape index (κ1) is 20.3. The van der Waals surface area contributed by atoms with Gasteiger partial charge in [0.2, 0.25) is 17.7 Å². The smallest absolute Gasteiger partial charge is 0.243 e. The molecule has 3 amide bonds. The lowest BCUT2D eigenvalue weighted by atomic mass is 10.2. The van der Waals surface area contributed by atoms with E-state index < -0.39 is 11.9 Å². The molecule has 0 saturated heterocycles. The molecule has 7 nitrogen and oxygen atoms in total. The van der Waals surface area contributed by atoms with Crippen LogP contribution in [0.4, 0.5) is 0 Å². The molecule has 0 aliphatic heterocycles. The van der Waals surface area contributed by atoms with Crippen molar-refractivity contribution < 1.29 is 19.6 Å². The molecule has 1 aromatic rings. The molecule has 1 aliphatic carbocycles. The number of hydrogen-bond acceptors (Lipinski definition) is 5. The number of rotatable bonds is 11. The van der Waals surface area contributed by atoms with E-state index in [4.69, 9.17) is 5.21 Å². The van der Waals surface area contributed by atoms with Crippen molar-refractivity contribution in [1.82, 2.24) is 16.1 Å². The Hall–Kier alpha value is -2.06. The number of thioether (sulfide) groups is 1. The van der Waals surface area contributed by atoms with E-state index in [1.165, 1.54) is 11.8 Å². The summed E-state index contributed by atoms with van der Waals surface area (Å²) in [6.45, 7) is 0.414. The van der Waals surface area contributed by atoms with Crippen molar-refractivity contribution in [3.63, 3.8) is 0 Å². The van der Waals surface area contributed by atoms with Gasteiger partial charge in [0.1, 0.15) is 6.04 Å². The second-order valence-electron chi connectivity index (χ2n) is 6.25. The maximum Gasteiger partial charge on any atom is 0.243 e. The van der Waals surface area contributed by atoms with Gasteiger partial charge in [0, 0.05) is 24.6 Å². The number of benzene rings is 1. The minimum atomic E-state index is -0.594. The van der Waals surface area contributed by atoms with Gasteiger partial charge in [-0.25, -0.2) is 5.48 Å². The molecule has 0 spiro atoms. The average molecular weight is 379 g/mol. The first-order valence-corrected chi connectivity index (χ1v) is 9.88. The molecule has 1 saturated carbocycles. The molecule has 1 aliphatic rings. The molecule has 8 heteroatoms. The molecule has 4 N–H and O–H groups in total. The second kappa shape index (κ2) is 10.8. The van der Waals surface area contributed by atoms with Crippen molar-refractivity contribution >= 4 is 29.5 Å². The lowest BCUT2D eigenvalue weighted by Gasteiger charge is -2.18. The maximum atomic E-state index is 12.5. The van der Waals surface area contributed by atoms with Crippen LogP contribution in [-0.2, 0) is 20.9 Å². The first-order chi connectivity index (χ1) is 12.6. The molecule has 26 heavy (non-hydrogen) atoms. The zero-order valence-electron chi connectivity index (χ0n) is 14.6. The quantitative estimate of drug-likeness (QED) is 0.263. The molecule has 142 valence electrons. The van der Waals surface area contributed by atoms with Gasteiger partial charge in [-0.1, -0.05) is 30.3 Å². The Bertz CT molecular complexity index is 608. The van der Waals surface area contributed by atoms with Crippen LogP contribution in [0.2, 0.25) is 0 Å². The molecule has 0 heterocycles. The summed E-state index contributed by atoms with van der Waals surface area (Å²) in [7, 11) is 0. The summed E-state index contributed by atoms with van der Waals surface area (Å²) in [6, 6.07) is 9.00. The van der Waals surface area contributed by atoms with Gasteiger partial charge in [-0.15, -0.1) is 0 Å². The van der Waals surface area contributed by atoms with Crippen molar-refractivity contribution in [3.05, 3.63) is 35.9 Å². The maximum absolute atomic E-state index is 12.5. The van der Waals surface area contributed by atoms with Crippen molar-refractivity contribution in [3.8, 4) is 0 Å². The minimum absolute atomic E-state index is 0.0395. The summed E-state index contributed by atoms with van der Waals surface area (Å²) in [5, 5.41) is 14.2. The number of hydrogen-bond donors (Lipinski definition) is 4. The Morgan fingerprint density at radius 1 is 1.19 bits per heavy atom. The molecule has 1 atom stereocenters. The van der Waals surface area contributed by atoms with E-state index in [-0.39, 0.29) is 24.2 Å². The van der Waals surface area contributed by atoms with E-state index in [0.29, 0.717) is 24.5 Å². The number of carbonyl (C=O) groups excluding carboxylic acids is 3. The van der Waals surface area contributed by atoms with Crippen LogP contribution in [0.3, 0.4) is 0 Å². The van der Waals surface area contributed by atoms with Crippen molar-refractivity contribution in [2.45, 2.75) is 38.3 Å². The van der Waals surface area contributed by atoms with Gasteiger partial charge in [0.15, 0.2) is 0 Å². The fourth-order valence-corrected chi connectivity index (χ4v) is 3.30. The Labute approximate surface area is 157 Å². The molecule has 0 unspecified atom stereocenters. The van der Waals surface area contributed by atoms with Gasteiger partial charge in [-0.05, 0) is 30.6 Å². The van der Waals surface area contributed by atoms with E-state index in [1.54, 1.807) is 5.48 Å². The van der Waals surface area contributed by atoms with E-state index in [1.807, 2.05) is 30.3 Å². The Balaban J connectivity index is 1.78. The van der Waals surface area contributed by atoms with Crippen LogP contribution < -0.4 is 16.1 Å². The Morgan fingerprint density at radius 3 is 2.58 bits per heavy atom. The zero-order chi connectivity index (χ0) is 18.8. The predicted octanol–water partition coefficient (Wildman–Crippen LogP) is 1.22. The van der Waals surface area contributed by atoms with Crippen LogP contribution in [0.15, 0.2) is 30.3 Å². The molecule has 0 aromatic heterocycles. The van der Waals surface area contributed by atoms with Crippen LogP contribution in [0.25, 0.3) is 0 Å². The lowest BCUT2D eigenvalue weighted by Crippen LogP contribution is -2.48. The van der Waals surface area contributed by atoms with Crippen LogP contribution in [0.5, 0.6) is 0 Å². The largest absolute Gasteiger partial charge is 0.350 e. The third-order valence-electron chi connectivity index (χ3n) is 3.99. The summed E-state index contributed by atoms with van der Waals surface area (Å²) in [6.07, 6.45) is 2.58. The van der Waals surface area contributed by atoms with Crippen LogP contribution >= 0.6 is 11.8 Å². The minimum Gasteiger partial charge on any atom is -0.350 e. The molecule has 2 rings (SSSR count). The standard InChI is InChI=1S/C18H25N3O4S/c22-16(21-25)7-4-10-26-12-15(20-17(23)14-8-9-14)18(24)19-11-13-5-2-1-3-6-13/h1-3,5-6,14-15,25H,4,7-12H2,(H,19,24)(H,20,23)(H,21,22)/t15-/m0/s1. The first-order valence-electron chi connectivity index (χ1n) is 8.73. The van der Waals surface area contributed by atoms with E-state index in [9.17, 15) is 14.4 Å². The summed E-state index contributed by atoms with van der Waals surface area (Å²) < 4.78 is 0. The third kappa shape index (κ3) is 7.45. The highest BCUT2D eigenvalue weighted by molar-refractivity contribution is 7.99. The molecule has 0 radical (unpaired) electrons. The topological polar surface area (TPSA) is 108 Å². The van der Waals surface area contributed by atoms with Crippen LogP contribution in [-0.4, -0.2) is 40.5 Å². The van der Waals surface area contributed by atoms with E-state index in [0.717, 1.165) is 18.4 Å². The number of carbonyl (C=O) groups is 3. The van der Waals surface area contributed by atoms with Crippen molar-refractivity contribution in [2.24, 2.45) is 5.92 Å². The molecule has 1 aromatic carbocycles. The van der Waals surface area contributed by atoms with Crippen LogP contribution in [0, 0.1) is 5.92 Å².